The van der Waals surface area contributed by atoms with Crippen molar-refractivity contribution in [2.24, 2.45) is 5.92 Å². The van der Waals surface area contributed by atoms with E-state index in [9.17, 15) is 13.2 Å². The minimum Gasteiger partial charge on any atom is -0.355 e. The molecule has 0 bridgehead atoms. The molecule has 3 rings (SSSR count). The number of rotatable bonds is 8. The fourth-order valence-corrected chi connectivity index (χ4v) is 6.77. The van der Waals surface area contributed by atoms with E-state index in [1.807, 2.05) is 0 Å². The lowest BCUT2D eigenvalue weighted by Gasteiger charge is -2.30. The van der Waals surface area contributed by atoms with Gasteiger partial charge in [0.25, 0.3) is 10.0 Å². The number of aryl methyl sites for hydroxylation is 1. The summed E-state index contributed by atoms with van der Waals surface area (Å²) < 4.78 is 27.2. The number of carbonyl (C=O) groups excluding carboxylic acids is 1. The quantitative estimate of drug-likeness (QED) is 0.641. The molecule has 1 unspecified atom stereocenters. The van der Waals surface area contributed by atoms with Gasteiger partial charge in [-0.05, 0) is 36.8 Å². The number of amides is 1. The van der Waals surface area contributed by atoms with Gasteiger partial charge in [-0.1, -0.05) is 35.9 Å². The van der Waals surface area contributed by atoms with E-state index in [4.69, 9.17) is 0 Å². The van der Waals surface area contributed by atoms with Crippen molar-refractivity contribution in [3.63, 3.8) is 0 Å². The minimum absolute atomic E-state index is 0.0396. The molecule has 0 radical (unpaired) electrons. The fourth-order valence-electron chi connectivity index (χ4n) is 3.29. The van der Waals surface area contributed by atoms with Crippen LogP contribution in [0, 0.1) is 12.8 Å². The van der Waals surface area contributed by atoms with Crippen molar-refractivity contribution < 1.29 is 13.2 Å². The Morgan fingerprint density at radius 2 is 2.18 bits per heavy atom. The molecule has 1 aliphatic rings. The van der Waals surface area contributed by atoms with Gasteiger partial charge in [-0.2, -0.15) is 16.1 Å². The van der Waals surface area contributed by atoms with Gasteiger partial charge in [0.05, 0.1) is 5.92 Å². The van der Waals surface area contributed by atoms with E-state index in [1.165, 1.54) is 26.8 Å². The first-order valence-corrected chi connectivity index (χ1v) is 12.9. The number of hydrogen-bond donors (Lipinski definition) is 1. The van der Waals surface area contributed by atoms with Crippen molar-refractivity contribution in [2.75, 3.05) is 25.4 Å². The first-order valence-electron chi connectivity index (χ1n) is 9.41. The molecule has 2 aromatic rings. The molecule has 8 heteroatoms. The van der Waals surface area contributed by atoms with Gasteiger partial charge in [0.1, 0.15) is 4.21 Å². The highest BCUT2D eigenvalue weighted by Crippen LogP contribution is 2.26. The third-order valence-corrected chi connectivity index (χ3v) is 9.01. The lowest BCUT2D eigenvalue weighted by Crippen LogP contribution is -2.45. The maximum atomic E-state index is 12.7. The highest BCUT2D eigenvalue weighted by Gasteiger charge is 2.33. The molecule has 1 fully saturated rings. The molecule has 0 spiro atoms. The summed E-state index contributed by atoms with van der Waals surface area (Å²) in [5, 5.41) is 4.74. The van der Waals surface area contributed by atoms with E-state index in [-0.39, 0.29) is 18.4 Å². The number of nitrogens with one attached hydrogen (secondary N) is 1. The molecular weight excluding hydrogens is 412 g/mol. The second kappa shape index (κ2) is 9.91. The summed E-state index contributed by atoms with van der Waals surface area (Å²) in [7, 11) is -3.48. The van der Waals surface area contributed by atoms with E-state index in [1.54, 1.807) is 29.3 Å². The van der Waals surface area contributed by atoms with E-state index in [0.29, 0.717) is 23.7 Å². The van der Waals surface area contributed by atoms with Crippen LogP contribution in [0.3, 0.4) is 0 Å². The second-order valence-corrected chi connectivity index (χ2v) is 11.2. The molecule has 1 aromatic heterocycles. The topological polar surface area (TPSA) is 66.5 Å². The number of piperidine rings is 1. The van der Waals surface area contributed by atoms with Gasteiger partial charge in [0, 0.05) is 31.1 Å². The highest BCUT2D eigenvalue weighted by molar-refractivity contribution is 7.98. The van der Waals surface area contributed by atoms with Crippen LogP contribution in [0.4, 0.5) is 0 Å². The molecule has 5 nitrogen and oxygen atoms in total. The molecule has 1 aliphatic heterocycles. The summed E-state index contributed by atoms with van der Waals surface area (Å²) in [5.74, 6) is 1.45. The van der Waals surface area contributed by atoms with E-state index < -0.39 is 10.0 Å². The lowest BCUT2D eigenvalue weighted by atomic mass is 9.99. The predicted molar refractivity (Wildman–Crippen MR) is 116 cm³/mol. The van der Waals surface area contributed by atoms with Crippen molar-refractivity contribution in [2.45, 2.75) is 29.7 Å². The summed E-state index contributed by atoms with van der Waals surface area (Å²) in [6, 6.07) is 11.8. The summed E-state index contributed by atoms with van der Waals surface area (Å²) in [6.07, 6.45) is 1.45. The predicted octanol–water partition coefficient (Wildman–Crippen LogP) is 3.51. The zero-order chi connectivity index (χ0) is 20.0. The molecule has 1 amide bonds. The van der Waals surface area contributed by atoms with Crippen LogP contribution in [-0.4, -0.2) is 44.0 Å². The zero-order valence-corrected chi connectivity index (χ0v) is 18.4. The molecule has 1 atom stereocenters. The van der Waals surface area contributed by atoms with Crippen molar-refractivity contribution in [3.8, 4) is 0 Å². The molecule has 1 aromatic carbocycles. The third-order valence-electron chi connectivity index (χ3n) is 4.74. The normalized spacial score (nSPS) is 18.1. The SMILES string of the molecule is Cc1cccc(CSCCNC(=O)C2CCCN(S(=O)(=O)c3cccs3)C2)c1. The molecule has 28 heavy (non-hydrogen) atoms. The summed E-state index contributed by atoms with van der Waals surface area (Å²) >= 11 is 3.01. The smallest absolute Gasteiger partial charge is 0.252 e. The molecule has 0 saturated carbocycles. The average Bonchev–Trinajstić information content (AvgIpc) is 3.23. The van der Waals surface area contributed by atoms with Crippen LogP contribution in [0.15, 0.2) is 46.0 Å². The van der Waals surface area contributed by atoms with Crippen LogP contribution < -0.4 is 5.32 Å². The number of hydrogen-bond acceptors (Lipinski definition) is 5. The molecule has 2 heterocycles. The van der Waals surface area contributed by atoms with Crippen molar-refractivity contribution in [3.05, 3.63) is 52.9 Å². The van der Waals surface area contributed by atoms with Gasteiger partial charge >= 0.3 is 0 Å². The van der Waals surface area contributed by atoms with Gasteiger partial charge in [-0.25, -0.2) is 8.42 Å². The molecule has 1 saturated heterocycles. The largest absolute Gasteiger partial charge is 0.355 e. The molecular formula is C20H26N2O3S3. The molecule has 0 aliphatic carbocycles. The van der Waals surface area contributed by atoms with Crippen molar-refractivity contribution >= 4 is 39.0 Å². The highest BCUT2D eigenvalue weighted by atomic mass is 32.2. The second-order valence-electron chi connectivity index (χ2n) is 6.97. The third kappa shape index (κ3) is 5.59. The van der Waals surface area contributed by atoms with Gasteiger partial charge in [0.15, 0.2) is 0 Å². The number of nitrogens with zero attached hydrogens (tertiary/aromatic N) is 1. The Morgan fingerprint density at radius 1 is 1.32 bits per heavy atom. The number of thiophene rings is 1. The summed E-state index contributed by atoms with van der Waals surface area (Å²) in [4.78, 5) is 12.5. The van der Waals surface area contributed by atoms with Gasteiger partial charge in [-0.15, -0.1) is 11.3 Å². The number of sulfonamides is 1. The van der Waals surface area contributed by atoms with Gasteiger partial charge in [0.2, 0.25) is 5.91 Å². The Hall–Kier alpha value is -1.35. The maximum absolute atomic E-state index is 12.7. The molecule has 1 N–H and O–H groups in total. The van der Waals surface area contributed by atoms with E-state index in [2.05, 4.69) is 36.5 Å². The lowest BCUT2D eigenvalue weighted by molar-refractivity contribution is -0.125. The van der Waals surface area contributed by atoms with Gasteiger partial charge in [-0.3, -0.25) is 4.79 Å². The number of benzene rings is 1. The number of carbonyl (C=O) groups is 1. The Balaban J connectivity index is 1.43. The molecule has 152 valence electrons. The maximum Gasteiger partial charge on any atom is 0.252 e. The van der Waals surface area contributed by atoms with E-state index >= 15 is 0 Å². The fraction of sp³-hybridized carbons (Fsp3) is 0.450. The first kappa shape index (κ1) is 21.4. The Bertz CT molecular complexity index is 882. The minimum atomic E-state index is -3.48. The summed E-state index contributed by atoms with van der Waals surface area (Å²) in [6.45, 7) is 3.43. The Kier molecular flexibility index (Phi) is 7.56. The van der Waals surface area contributed by atoms with Crippen LogP contribution >= 0.6 is 23.1 Å². The van der Waals surface area contributed by atoms with Crippen LogP contribution in [0.2, 0.25) is 0 Å². The van der Waals surface area contributed by atoms with Crippen molar-refractivity contribution in [1.82, 2.24) is 9.62 Å². The Morgan fingerprint density at radius 3 is 2.93 bits per heavy atom. The number of thioether (sulfide) groups is 1. The monoisotopic (exact) mass is 438 g/mol. The first-order chi connectivity index (χ1) is 13.5. The Labute approximate surface area is 175 Å². The van der Waals surface area contributed by atoms with Crippen LogP contribution in [-0.2, 0) is 20.6 Å². The summed E-state index contributed by atoms with van der Waals surface area (Å²) in [5.41, 5.74) is 2.55. The van der Waals surface area contributed by atoms with Gasteiger partial charge < -0.3 is 5.32 Å². The van der Waals surface area contributed by atoms with Crippen molar-refractivity contribution in [1.29, 1.82) is 0 Å². The van der Waals surface area contributed by atoms with Crippen LogP contribution in [0.5, 0.6) is 0 Å². The van der Waals surface area contributed by atoms with Crippen LogP contribution in [0.25, 0.3) is 0 Å². The van der Waals surface area contributed by atoms with E-state index in [0.717, 1.165) is 17.9 Å². The standard InChI is InChI=1S/C20H26N2O3S3/c1-16-5-2-6-17(13-16)15-26-12-9-21-20(23)18-7-3-10-22(14-18)28(24,25)19-8-4-11-27-19/h2,4-6,8,11,13,18H,3,7,9-10,12,14-15H2,1H3,(H,21,23). The average molecular weight is 439 g/mol. The van der Waals surface area contributed by atoms with Crippen LogP contribution in [0.1, 0.15) is 24.0 Å². The zero-order valence-electron chi connectivity index (χ0n) is 16.0.